The van der Waals surface area contributed by atoms with Crippen molar-refractivity contribution in [3.8, 4) is 0 Å². The Morgan fingerprint density at radius 1 is 1.47 bits per heavy atom. The molecule has 1 unspecified atom stereocenters. The maximum Gasteiger partial charge on any atom is 0.154 e. The van der Waals surface area contributed by atoms with Crippen LogP contribution in [0, 0.1) is 0 Å². The summed E-state index contributed by atoms with van der Waals surface area (Å²) in [6.07, 6.45) is 4.92. The SMILES string of the molecule is CC(C)c1cc2c(N(C)C3CCNC3)nccn2n1. The highest BCUT2D eigenvalue weighted by Crippen LogP contribution is 2.24. The number of rotatable bonds is 3. The molecule has 2 aromatic rings. The van der Waals surface area contributed by atoms with E-state index in [4.69, 9.17) is 0 Å². The summed E-state index contributed by atoms with van der Waals surface area (Å²) in [4.78, 5) is 6.84. The fourth-order valence-electron chi connectivity index (χ4n) is 2.62. The number of nitrogens with zero attached hydrogens (tertiary/aromatic N) is 4. The van der Waals surface area contributed by atoms with Crippen LogP contribution in [0.2, 0.25) is 0 Å². The van der Waals surface area contributed by atoms with Crippen molar-refractivity contribution in [1.82, 2.24) is 19.9 Å². The lowest BCUT2D eigenvalue weighted by atomic mass is 10.1. The van der Waals surface area contributed by atoms with Gasteiger partial charge in [0.25, 0.3) is 0 Å². The first kappa shape index (κ1) is 12.4. The molecule has 0 radical (unpaired) electrons. The van der Waals surface area contributed by atoms with Gasteiger partial charge in [-0.05, 0) is 24.9 Å². The number of anilines is 1. The van der Waals surface area contributed by atoms with Crippen molar-refractivity contribution >= 4 is 11.3 Å². The van der Waals surface area contributed by atoms with Gasteiger partial charge in [-0.25, -0.2) is 9.50 Å². The second-order valence-electron chi connectivity index (χ2n) is 5.56. The van der Waals surface area contributed by atoms with Crippen LogP contribution in [0.3, 0.4) is 0 Å². The van der Waals surface area contributed by atoms with Gasteiger partial charge in [0.15, 0.2) is 5.82 Å². The Bertz CT molecular complexity index is 568. The Labute approximate surface area is 113 Å². The molecule has 19 heavy (non-hydrogen) atoms. The summed E-state index contributed by atoms with van der Waals surface area (Å²) in [6, 6.07) is 2.68. The highest BCUT2D eigenvalue weighted by Gasteiger charge is 2.22. The number of aromatic nitrogens is 3. The van der Waals surface area contributed by atoms with Gasteiger partial charge in [-0.1, -0.05) is 13.8 Å². The molecule has 1 aliphatic heterocycles. The molecule has 3 rings (SSSR count). The van der Waals surface area contributed by atoms with Crippen molar-refractivity contribution in [1.29, 1.82) is 0 Å². The zero-order valence-electron chi connectivity index (χ0n) is 11.8. The van der Waals surface area contributed by atoms with Crippen molar-refractivity contribution in [2.75, 3.05) is 25.0 Å². The Balaban J connectivity index is 2.02. The number of nitrogens with one attached hydrogen (secondary N) is 1. The normalized spacial score (nSPS) is 19.5. The molecule has 1 aliphatic rings. The Kier molecular flexibility index (Phi) is 3.14. The highest BCUT2D eigenvalue weighted by atomic mass is 15.3. The van der Waals surface area contributed by atoms with Crippen molar-refractivity contribution in [3.63, 3.8) is 0 Å². The van der Waals surface area contributed by atoms with Crippen LogP contribution in [0.25, 0.3) is 5.52 Å². The van der Waals surface area contributed by atoms with Crippen molar-refractivity contribution < 1.29 is 0 Å². The minimum atomic E-state index is 0.436. The van der Waals surface area contributed by atoms with Crippen LogP contribution >= 0.6 is 0 Å². The van der Waals surface area contributed by atoms with Gasteiger partial charge < -0.3 is 10.2 Å². The van der Waals surface area contributed by atoms with Crippen LogP contribution < -0.4 is 10.2 Å². The molecular formula is C14H21N5. The average molecular weight is 259 g/mol. The van der Waals surface area contributed by atoms with Gasteiger partial charge in [0.1, 0.15) is 5.52 Å². The van der Waals surface area contributed by atoms with E-state index in [0.29, 0.717) is 12.0 Å². The molecule has 0 aromatic carbocycles. The lowest BCUT2D eigenvalue weighted by molar-refractivity contribution is 0.677. The third kappa shape index (κ3) is 2.18. The summed E-state index contributed by atoms with van der Waals surface area (Å²) in [5.74, 6) is 1.46. The van der Waals surface area contributed by atoms with Crippen LogP contribution in [-0.4, -0.2) is 40.8 Å². The third-order valence-corrected chi connectivity index (χ3v) is 3.90. The molecule has 0 aliphatic carbocycles. The standard InChI is InChI=1S/C14H21N5/c1-10(2)12-8-13-14(16-6-7-19(13)17-12)18(3)11-4-5-15-9-11/h6-8,10-11,15H,4-5,9H2,1-3H3. The van der Waals surface area contributed by atoms with E-state index in [2.05, 4.69) is 47.3 Å². The van der Waals surface area contributed by atoms with Crippen molar-refractivity contribution in [3.05, 3.63) is 24.2 Å². The molecule has 0 saturated carbocycles. The molecule has 1 N–H and O–H groups in total. The second-order valence-corrected chi connectivity index (χ2v) is 5.56. The molecule has 5 nitrogen and oxygen atoms in total. The summed E-state index contributed by atoms with van der Waals surface area (Å²) >= 11 is 0. The quantitative estimate of drug-likeness (QED) is 0.910. The van der Waals surface area contributed by atoms with E-state index < -0.39 is 0 Å². The minimum absolute atomic E-state index is 0.436. The molecule has 1 atom stereocenters. The summed E-state index contributed by atoms with van der Waals surface area (Å²) in [5, 5.41) is 8.02. The largest absolute Gasteiger partial charge is 0.354 e. The first-order chi connectivity index (χ1) is 9.16. The predicted octanol–water partition coefficient (Wildman–Crippen LogP) is 1.65. The van der Waals surface area contributed by atoms with Gasteiger partial charge in [0.05, 0.1) is 5.69 Å². The molecule has 102 valence electrons. The lowest BCUT2D eigenvalue weighted by Gasteiger charge is -2.25. The first-order valence-electron chi connectivity index (χ1n) is 6.94. The van der Waals surface area contributed by atoms with E-state index in [-0.39, 0.29) is 0 Å². The van der Waals surface area contributed by atoms with Crippen LogP contribution in [0.1, 0.15) is 31.9 Å². The van der Waals surface area contributed by atoms with Crippen LogP contribution in [-0.2, 0) is 0 Å². The van der Waals surface area contributed by atoms with Gasteiger partial charge in [0, 0.05) is 32.0 Å². The topological polar surface area (TPSA) is 45.5 Å². The number of fused-ring (bicyclic) bond motifs is 1. The van der Waals surface area contributed by atoms with Gasteiger partial charge in [-0.3, -0.25) is 0 Å². The summed E-state index contributed by atoms with van der Waals surface area (Å²) < 4.78 is 1.94. The summed E-state index contributed by atoms with van der Waals surface area (Å²) in [5.41, 5.74) is 2.22. The number of hydrogen-bond acceptors (Lipinski definition) is 4. The van der Waals surface area contributed by atoms with Gasteiger partial charge in [-0.15, -0.1) is 0 Å². The molecule has 0 bridgehead atoms. The second kappa shape index (κ2) is 4.81. The Morgan fingerprint density at radius 2 is 2.32 bits per heavy atom. The Morgan fingerprint density at radius 3 is 3.00 bits per heavy atom. The van der Waals surface area contributed by atoms with Crippen molar-refractivity contribution in [2.24, 2.45) is 0 Å². The summed E-state index contributed by atoms with van der Waals surface area (Å²) in [7, 11) is 2.13. The molecule has 3 heterocycles. The average Bonchev–Trinajstić information content (AvgIpc) is 3.06. The maximum absolute atomic E-state index is 4.62. The van der Waals surface area contributed by atoms with E-state index in [1.807, 2.05) is 16.9 Å². The van der Waals surface area contributed by atoms with Crippen LogP contribution in [0.15, 0.2) is 18.5 Å². The van der Waals surface area contributed by atoms with E-state index >= 15 is 0 Å². The molecular weight excluding hydrogens is 238 g/mol. The highest BCUT2D eigenvalue weighted by molar-refractivity contribution is 5.69. The van der Waals surface area contributed by atoms with Crippen LogP contribution in [0.4, 0.5) is 5.82 Å². The maximum atomic E-state index is 4.62. The van der Waals surface area contributed by atoms with Crippen molar-refractivity contribution in [2.45, 2.75) is 32.2 Å². The van der Waals surface area contributed by atoms with E-state index in [9.17, 15) is 0 Å². The van der Waals surface area contributed by atoms with Gasteiger partial charge in [0.2, 0.25) is 0 Å². The number of hydrogen-bond donors (Lipinski definition) is 1. The van der Waals surface area contributed by atoms with Gasteiger partial charge in [-0.2, -0.15) is 5.10 Å². The lowest BCUT2D eigenvalue weighted by Crippen LogP contribution is -2.34. The monoisotopic (exact) mass is 259 g/mol. The Hall–Kier alpha value is -1.62. The number of likely N-dealkylation sites (N-methyl/N-ethyl adjacent to an activating group) is 1. The fourth-order valence-corrected chi connectivity index (χ4v) is 2.62. The third-order valence-electron chi connectivity index (χ3n) is 3.90. The minimum Gasteiger partial charge on any atom is -0.354 e. The van der Waals surface area contributed by atoms with Gasteiger partial charge >= 0.3 is 0 Å². The fraction of sp³-hybridized carbons (Fsp3) is 0.571. The first-order valence-corrected chi connectivity index (χ1v) is 6.94. The predicted molar refractivity (Wildman–Crippen MR) is 76.8 cm³/mol. The molecule has 1 fully saturated rings. The zero-order valence-corrected chi connectivity index (χ0v) is 11.8. The van der Waals surface area contributed by atoms with Crippen LogP contribution in [0.5, 0.6) is 0 Å². The summed E-state index contributed by atoms with van der Waals surface area (Å²) in [6.45, 7) is 6.46. The smallest absolute Gasteiger partial charge is 0.154 e. The van der Waals surface area contributed by atoms with E-state index in [1.54, 1.807) is 0 Å². The molecule has 1 saturated heterocycles. The van der Waals surface area contributed by atoms with E-state index in [0.717, 1.165) is 30.1 Å². The molecule has 5 heteroatoms. The molecule has 0 amide bonds. The molecule has 2 aromatic heterocycles. The van der Waals surface area contributed by atoms with E-state index in [1.165, 1.54) is 6.42 Å². The zero-order chi connectivity index (χ0) is 13.4. The molecule has 0 spiro atoms.